The molecule has 1 atom stereocenters. The summed E-state index contributed by atoms with van der Waals surface area (Å²) in [5.41, 5.74) is 4.38. The average Bonchev–Trinajstić information content (AvgIpc) is 2.15. The van der Waals surface area contributed by atoms with Crippen molar-refractivity contribution >= 4 is 0 Å². The molecule has 1 aromatic rings. The van der Waals surface area contributed by atoms with Crippen molar-refractivity contribution in [3.8, 4) is 5.75 Å². The zero-order chi connectivity index (χ0) is 12.3. The smallest absolute Gasteiger partial charge is 0.407 e. The highest BCUT2D eigenvalue weighted by molar-refractivity contribution is 5.36. The first-order valence-electron chi connectivity index (χ1n) is 4.18. The summed E-state index contributed by atoms with van der Waals surface area (Å²) in [6.07, 6.45) is -4.71. The Morgan fingerprint density at radius 3 is 2.19 bits per heavy atom. The fraction of sp³-hybridized carbons (Fsp3) is 0.333. The van der Waals surface area contributed by atoms with Crippen LogP contribution >= 0.6 is 0 Å². The van der Waals surface area contributed by atoms with Gasteiger partial charge in [-0.2, -0.15) is 22.0 Å². The van der Waals surface area contributed by atoms with E-state index in [4.69, 9.17) is 5.73 Å². The first-order chi connectivity index (χ1) is 7.32. The van der Waals surface area contributed by atoms with E-state index in [9.17, 15) is 22.0 Å². The van der Waals surface area contributed by atoms with Gasteiger partial charge >= 0.3 is 12.8 Å². The van der Waals surface area contributed by atoms with E-state index in [2.05, 4.69) is 4.74 Å². The van der Waals surface area contributed by atoms with E-state index in [-0.39, 0.29) is 0 Å². The van der Waals surface area contributed by atoms with Crippen LogP contribution in [-0.4, -0.2) is 12.8 Å². The molecule has 0 amide bonds. The Balaban J connectivity index is 3.03. The number of para-hydroxylation sites is 1. The van der Waals surface area contributed by atoms with Crippen LogP contribution in [-0.2, 0) is 0 Å². The van der Waals surface area contributed by atoms with Gasteiger partial charge in [0.2, 0.25) is 0 Å². The summed E-state index contributed by atoms with van der Waals surface area (Å²) in [5.74, 6) is -0.567. The molecular weight excluding hydrogens is 233 g/mol. The van der Waals surface area contributed by atoms with E-state index in [0.29, 0.717) is 0 Å². The van der Waals surface area contributed by atoms with Gasteiger partial charge in [0.05, 0.1) is 0 Å². The van der Waals surface area contributed by atoms with Gasteiger partial charge in [0, 0.05) is 5.56 Å². The van der Waals surface area contributed by atoms with Crippen LogP contribution in [0.5, 0.6) is 5.75 Å². The molecule has 0 unspecified atom stereocenters. The number of ether oxygens (including phenoxy) is 1. The minimum absolute atomic E-state index is 0.518. The molecule has 0 aliphatic heterocycles. The van der Waals surface area contributed by atoms with Crippen molar-refractivity contribution in [2.24, 2.45) is 5.73 Å². The molecule has 0 bridgehead atoms. The summed E-state index contributed by atoms with van der Waals surface area (Å²) >= 11 is 0. The molecule has 0 radical (unpaired) electrons. The fourth-order valence-electron chi connectivity index (χ4n) is 1.12. The molecule has 7 heteroatoms. The maximum Gasteiger partial charge on any atom is 0.407 e. The molecule has 0 spiro atoms. The van der Waals surface area contributed by atoms with Crippen LogP contribution in [0.25, 0.3) is 0 Å². The number of rotatable bonds is 3. The van der Waals surface area contributed by atoms with E-state index in [0.717, 1.165) is 12.1 Å². The van der Waals surface area contributed by atoms with Gasteiger partial charge in [0.1, 0.15) is 11.8 Å². The van der Waals surface area contributed by atoms with E-state index >= 15 is 0 Å². The highest BCUT2D eigenvalue weighted by Crippen LogP contribution is 2.35. The summed E-state index contributed by atoms with van der Waals surface area (Å²) in [6, 6.07) is 2.20. The van der Waals surface area contributed by atoms with Crippen molar-refractivity contribution in [3.05, 3.63) is 29.8 Å². The Bertz CT molecular complexity index is 352. The minimum atomic E-state index is -4.71. The Morgan fingerprint density at radius 2 is 1.69 bits per heavy atom. The standard InChI is InChI=1S/C9H8F5NO/c10-8(11)16-6-4-2-1-3-5(6)7(15)9(12,13)14/h1-4,7-8H,15H2/t7-/m1/s1. The maximum absolute atomic E-state index is 12.3. The lowest BCUT2D eigenvalue weighted by Gasteiger charge is -2.18. The topological polar surface area (TPSA) is 35.2 Å². The molecule has 0 saturated carbocycles. The molecule has 1 rings (SSSR count). The zero-order valence-corrected chi connectivity index (χ0v) is 7.84. The van der Waals surface area contributed by atoms with Gasteiger partial charge in [-0.25, -0.2) is 0 Å². The molecule has 0 aliphatic carbocycles. The second-order valence-electron chi connectivity index (χ2n) is 2.94. The van der Waals surface area contributed by atoms with Crippen molar-refractivity contribution in [2.45, 2.75) is 18.8 Å². The third-order valence-corrected chi connectivity index (χ3v) is 1.82. The molecular formula is C9H8F5NO. The number of halogens is 5. The second kappa shape index (κ2) is 4.65. The third kappa shape index (κ3) is 3.06. The number of hydrogen-bond acceptors (Lipinski definition) is 2. The van der Waals surface area contributed by atoms with E-state index in [1.165, 1.54) is 12.1 Å². The molecule has 2 nitrogen and oxygen atoms in total. The first kappa shape index (κ1) is 12.7. The molecule has 0 aliphatic rings. The molecule has 90 valence electrons. The van der Waals surface area contributed by atoms with Crippen molar-refractivity contribution in [3.63, 3.8) is 0 Å². The van der Waals surface area contributed by atoms with E-state index in [1.54, 1.807) is 0 Å². The summed E-state index contributed by atoms with van der Waals surface area (Å²) < 4.78 is 64.6. The van der Waals surface area contributed by atoms with Crippen molar-refractivity contribution in [1.82, 2.24) is 0 Å². The van der Waals surface area contributed by atoms with Crippen LogP contribution in [0.4, 0.5) is 22.0 Å². The number of hydrogen-bond donors (Lipinski definition) is 1. The molecule has 16 heavy (non-hydrogen) atoms. The quantitative estimate of drug-likeness (QED) is 0.826. The summed E-state index contributed by atoms with van der Waals surface area (Å²) in [5, 5.41) is 0. The SMILES string of the molecule is N[C@H](c1ccccc1OC(F)F)C(F)(F)F. The van der Waals surface area contributed by atoms with Gasteiger partial charge in [-0.15, -0.1) is 0 Å². The lowest BCUT2D eigenvalue weighted by molar-refractivity contribution is -0.150. The molecule has 2 N–H and O–H groups in total. The van der Waals surface area contributed by atoms with E-state index < -0.39 is 30.1 Å². The lowest BCUT2D eigenvalue weighted by Crippen LogP contribution is -2.29. The molecule has 0 saturated heterocycles. The van der Waals surface area contributed by atoms with Gasteiger partial charge in [-0.05, 0) is 6.07 Å². The summed E-state index contributed by atoms with van der Waals surface area (Å²) in [4.78, 5) is 0. The Labute approximate surface area is 87.8 Å². The predicted octanol–water partition coefficient (Wildman–Crippen LogP) is 2.85. The normalized spacial score (nSPS) is 13.9. The van der Waals surface area contributed by atoms with Gasteiger partial charge < -0.3 is 10.5 Å². The summed E-state index contributed by atoms with van der Waals surface area (Å²) in [6.45, 7) is -3.19. The fourth-order valence-corrected chi connectivity index (χ4v) is 1.12. The average molecular weight is 241 g/mol. The Kier molecular flexibility index (Phi) is 3.69. The third-order valence-electron chi connectivity index (χ3n) is 1.82. The van der Waals surface area contributed by atoms with Crippen LogP contribution in [0, 0.1) is 0 Å². The Hall–Kier alpha value is -1.37. The molecule has 0 aromatic heterocycles. The number of alkyl halides is 5. The van der Waals surface area contributed by atoms with Gasteiger partial charge in [-0.3, -0.25) is 0 Å². The molecule has 0 heterocycles. The summed E-state index contributed by atoms with van der Waals surface area (Å²) in [7, 11) is 0. The highest BCUT2D eigenvalue weighted by atomic mass is 19.4. The second-order valence-corrected chi connectivity index (χ2v) is 2.94. The largest absolute Gasteiger partial charge is 0.434 e. The zero-order valence-electron chi connectivity index (χ0n) is 7.84. The van der Waals surface area contributed by atoms with Gasteiger partial charge in [0.15, 0.2) is 0 Å². The first-order valence-corrected chi connectivity index (χ1v) is 4.18. The number of benzene rings is 1. The van der Waals surface area contributed by atoms with Crippen molar-refractivity contribution in [2.75, 3.05) is 0 Å². The van der Waals surface area contributed by atoms with Crippen molar-refractivity contribution in [1.29, 1.82) is 0 Å². The predicted molar refractivity (Wildman–Crippen MR) is 46.1 cm³/mol. The van der Waals surface area contributed by atoms with Crippen LogP contribution in [0.2, 0.25) is 0 Å². The minimum Gasteiger partial charge on any atom is -0.434 e. The lowest BCUT2D eigenvalue weighted by atomic mass is 10.1. The van der Waals surface area contributed by atoms with Gasteiger partial charge in [-0.1, -0.05) is 18.2 Å². The van der Waals surface area contributed by atoms with Crippen LogP contribution in [0.3, 0.4) is 0 Å². The van der Waals surface area contributed by atoms with Gasteiger partial charge in [0.25, 0.3) is 0 Å². The maximum atomic E-state index is 12.3. The van der Waals surface area contributed by atoms with Crippen LogP contribution in [0.1, 0.15) is 11.6 Å². The van der Waals surface area contributed by atoms with E-state index in [1.807, 2.05) is 0 Å². The molecule has 0 fully saturated rings. The Morgan fingerprint density at radius 1 is 1.12 bits per heavy atom. The molecule has 1 aromatic carbocycles. The monoisotopic (exact) mass is 241 g/mol. The van der Waals surface area contributed by atoms with Crippen molar-refractivity contribution < 1.29 is 26.7 Å². The highest BCUT2D eigenvalue weighted by Gasteiger charge is 2.39. The van der Waals surface area contributed by atoms with Crippen LogP contribution < -0.4 is 10.5 Å². The van der Waals surface area contributed by atoms with Crippen LogP contribution in [0.15, 0.2) is 24.3 Å². The number of nitrogens with two attached hydrogens (primary N) is 1.